The maximum Gasteiger partial charge on any atom is 0.224 e. The lowest BCUT2D eigenvalue weighted by Gasteiger charge is -2.18. The highest BCUT2D eigenvalue weighted by molar-refractivity contribution is 6.28. The molecule has 0 bridgehead atoms. The number of hydrogen-bond acceptors (Lipinski definition) is 3. The summed E-state index contributed by atoms with van der Waals surface area (Å²) in [6.07, 6.45) is 1.66. The maximum absolute atomic E-state index is 5.76. The van der Waals surface area contributed by atoms with Crippen LogP contribution in [-0.4, -0.2) is 17.0 Å². The first kappa shape index (κ1) is 11.9. The molecule has 0 saturated heterocycles. The molecule has 1 heterocycles. The zero-order chi connectivity index (χ0) is 12.3. The number of aromatic nitrogens is 2. The normalized spacial score (nSPS) is 10.3. The molecule has 2 aromatic rings. The molecule has 88 valence electrons. The highest BCUT2D eigenvalue weighted by atomic mass is 35.5. The van der Waals surface area contributed by atoms with Gasteiger partial charge in [-0.25, -0.2) is 9.97 Å². The number of aryl methyl sites for hydroxylation is 1. The van der Waals surface area contributed by atoms with Crippen LogP contribution < -0.4 is 4.90 Å². The molecule has 0 atom stereocenters. The summed E-state index contributed by atoms with van der Waals surface area (Å²) in [6, 6.07) is 10.3. The summed E-state index contributed by atoms with van der Waals surface area (Å²) >= 11 is 5.76. The molecule has 0 aliphatic carbocycles. The van der Waals surface area contributed by atoms with Crippen LogP contribution in [0.15, 0.2) is 36.5 Å². The van der Waals surface area contributed by atoms with Gasteiger partial charge in [0.1, 0.15) is 5.82 Å². The van der Waals surface area contributed by atoms with Crippen molar-refractivity contribution in [3.05, 3.63) is 52.9 Å². The molecule has 0 radical (unpaired) electrons. The molecule has 0 spiro atoms. The van der Waals surface area contributed by atoms with E-state index in [1.54, 1.807) is 6.20 Å². The summed E-state index contributed by atoms with van der Waals surface area (Å²) < 4.78 is 0. The lowest BCUT2D eigenvalue weighted by atomic mass is 10.1. The fourth-order valence-electron chi connectivity index (χ4n) is 1.59. The molecule has 4 heteroatoms. The van der Waals surface area contributed by atoms with E-state index in [0.717, 1.165) is 12.4 Å². The van der Waals surface area contributed by atoms with E-state index in [2.05, 4.69) is 41.2 Å². The second kappa shape index (κ2) is 5.15. The van der Waals surface area contributed by atoms with Crippen molar-refractivity contribution in [2.24, 2.45) is 0 Å². The van der Waals surface area contributed by atoms with Gasteiger partial charge in [0, 0.05) is 19.8 Å². The third kappa shape index (κ3) is 3.17. The Balaban J connectivity index is 2.11. The third-order valence-corrected chi connectivity index (χ3v) is 2.73. The number of anilines is 1. The van der Waals surface area contributed by atoms with E-state index in [-0.39, 0.29) is 5.28 Å². The van der Waals surface area contributed by atoms with Crippen molar-refractivity contribution in [1.82, 2.24) is 9.97 Å². The number of hydrogen-bond donors (Lipinski definition) is 0. The van der Waals surface area contributed by atoms with Gasteiger partial charge in [0.25, 0.3) is 0 Å². The molecule has 17 heavy (non-hydrogen) atoms. The SMILES string of the molecule is Cc1ccc(CN(C)c2ccnc(Cl)n2)cc1. The van der Waals surface area contributed by atoms with Crippen LogP contribution in [0.25, 0.3) is 0 Å². The van der Waals surface area contributed by atoms with Gasteiger partial charge in [-0.15, -0.1) is 0 Å². The number of nitrogens with zero attached hydrogens (tertiary/aromatic N) is 3. The molecule has 0 unspecified atom stereocenters. The summed E-state index contributed by atoms with van der Waals surface area (Å²) in [5.41, 5.74) is 2.51. The predicted molar refractivity (Wildman–Crippen MR) is 70.3 cm³/mol. The van der Waals surface area contributed by atoms with Crippen molar-refractivity contribution in [2.75, 3.05) is 11.9 Å². The highest BCUT2D eigenvalue weighted by Crippen LogP contribution is 2.14. The van der Waals surface area contributed by atoms with Gasteiger partial charge in [-0.2, -0.15) is 0 Å². The van der Waals surface area contributed by atoms with E-state index < -0.39 is 0 Å². The highest BCUT2D eigenvalue weighted by Gasteiger charge is 2.04. The zero-order valence-corrected chi connectivity index (χ0v) is 10.6. The molecule has 0 fully saturated rings. The number of rotatable bonds is 3. The van der Waals surface area contributed by atoms with E-state index in [9.17, 15) is 0 Å². The molecule has 0 N–H and O–H groups in total. The quantitative estimate of drug-likeness (QED) is 0.781. The van der Waals surface area contributed by atoms with Crippen molar-refractivity contribution in [3.63, 3.8) is 0 Å². The minimum atomic E-state index is 0.276. The van der Waals surface area contributed by atoms with E-state index in [0.29, 0.717) is 0 Å². The first-order valence-electron chi connectivity index (χ1n) is 5.40. The van der Waals surface area contributed by atoms with Crippen molar-refractivity contribution in [3.8, 4) is 0 Å². The van der Waals surface area contributed by atoms with Crippen LogP contribution in [0.5, 0.6) is 0 Å². The minimum Gasteiger partial charge on any atom is -0.355 e. The van der Waals surface area contributed by atoms with Crippen LogP contribution in [0.1, 0.15) is 11.1 Å². The van der Waals surface area contributed by atoms with Crippen LogP contribution in [0, 0.1) is 6.92 Å². The summed E-state index contributed by atoms with van der Waals surface area (Å²) in [7, 11) is 1.98. The monoisotopic (exact) mass is 247 g/mol. The Hall–Kier alpha value is -1.61. The van der Waals surface area contributed by atoms with Crippen molar-refractivity contribution in [1.29, 1.82) is 0 Å². The first-order chi connectivity index (χ1) is 8.15. The average Bonchev–Trinajstić information content (AvgIpc) is 2.32. The minimum absolute atomic E-state index is 0.276. The first-order valence-corrected chi connectivity index (χ1v) is 5.78. The molecule has 0 aliphatic heterocycles. The van der Waals surface area contributed by atoms with Gasteiger partial charge < -0.3 is 4.90 Å². The Bertz CT molecular complexity index is 496. The Kier molecular flexibility index (Phi) is 3.59. The molecule has 0 amide bonds. The van der Waals surface area contributed by atoms with Gasteiger partial charge in [0.05, 0.1) is 0 Å². The summed E-state index contributed by atoms with van der Waals surface area (Å²) in [6.45, 7) is 2.88. The van der Waals surface area contributed by atoms with Crippen LogP contribution in [0.2, 0.25) is 5.28 Å². The Labute approximate surface area is 106 Å². The van der Waals surface area contributed by atoms with Gasteiger partial charge in [-0.1, -0.05) is 29.8 Å². The molecular weight excluding hydrogens is 234 g/mol. The Morgan fingerprint density at radius 2 is 1.88 bits per heavy atom. The van der Waals surface area contributed by atoms with E-state index in [1.165, 1.54) is 11.1 Å². The standard InChI is InChI=1S/C13H14ClN3/c1-10-3-5-11(6-4-10)9-17(2)12-7-8-15-13(14)16-12/h3-8H,9H2,1-2H3. The summed E-state index contributed by atoms with van der Waals surface area (Å²) in [5.74, 6) is 0.825. The second-order valence-corrected chi connectivity index (χ2v) is 4.36. The molecule has 0 aliphatic rings. The van der Waals surface area contributed by atoms with Crippen molar-refractivity contribution >= 4 is 17.4 Å². The van der Waals surface area contributed by atoms with Crippen molar-refractivity contribution in [2.45, 2.75) is 13.5 Å². The lowest BCUT2D eigenvalue weighted by Crippen LogP contribution is -2.17. The molecular formula is C13H14ClN3. The van der Waals surface area contributed by atoms with Gasteiger partial charge >= 0.3 is 0 Å². The lowest BCUT2D eigenvalue weighted by molar-refractivity contribution is 0.890. The Morgan fingerprint density at radius 1 is 1.18 bits per heavy atom. The molecule has 1 aromatic carbocycles. The maximum atomic E-state index is 5.76. The predicted octanol–water partition coefficient (Wildman–Crippen LogP) is 3.07. The van der Waals surface area contributed by atoms with Crippen LogP contribution in [0.4, 0.5) is 5.82 Å². The van der Waals surface area contributed by atoms with Gasteiger partial charge in [-0.05, 0) is 30.2 Å². The van der Waals surface area contributed by atoms with Crippen LogP contribution in [0.3, 0.4) is 0 Å². The van der Waals surface area contributed by atoms with E-state index in [1.807, 2.05) is 18.0 Å². The topological polar surface area (TPSA) is 29.0 Å². The molecule has 0 saturated carbocycles. The van der Waals surface area contributed by atoms with E-state index in [4.69, 9.17) is 11.6 Å². The van der Waals surface area contributed by atoms with Crippen LogP contribution in [-0.2, 0) is 6.54 Å². The third-order valence-electron chi connectivity index (χ3n) is 2.54. The number of halogens is 1. The van der Waals surface area contributed by atoms with Gasteiger partial charge in [-0.3, -0.25) is 0 Å². The van der Waals surface area contributed by atoms with Gasteiger partial charge in [0.2, 0.25) is 5.28 Å². The average molecular weight is 248 g/mol. The van der Waals surface area contributed by atoms with Crippen LogP contribution >= 0.6 is 11.6 Å². The summed E-state index contributed by atoms with van der Waals surface area (Å²) in [5, 5.41) is 0.276. The molecule has 1 aromatic heterocycles. The number of benzene rings is 1. The fraction of sp³-hybridized carbons (Fsp3) is 0.231. The van der Waals surface area contributed by atoms with E-state index >= 15 is 0 Å². The van der Waals surface area contributed by atoms with Gasteiger partial charge in [0.15, 0.2) is 0 Å². The smallest absolute Gasteiger partial charge is 0.224 e. The molecule has 3 nitrogen and oxygen atoms in total. The Morgan fingerprint density at radius 3 is 2.53 bits per heavy atom. The molecule has 2 rings (SSSR count). The fourth-order valence-corrected chi connectivity index (χ4v) is 1.73. The summed E-state index contributed by atoms with van der Waals surface area (Å²) in [4.78, 5) is 10.1. The largest absolute Gasteiger partial charge is 0.355 e. The zero-order valence-electron chi connectivity index (χ0n) is 9.89. The second-order valence-electron chi connectivity index (χ2n) is 4.03. The van der Waals surface area contributed by atoms with Crippen molar-refractivity contribution < 1.29 is 0 Å².